The van der Waals surface area contributed by atoms with Gasteiger partial charge in [0.2, 0.25) is 21.8 Å². The highest BCUT2D eigenvalue weighted by Crippen LogP contribution is 2.59. The van der Waals surface area contributed by atoms with Gasteiger partial charge in [0.25, 0.3) is 0 Å². The van der Waals surface area contributed by atoms with Gasteiger partial charge in [-0.3, -0.25) is 4.79 Å². The third-order valence-electron chi connectivity index (χ3n) is 7.82. The van der Waals surface area contributed by atoms with Crippen LogP contribution in [0.25, 0.3) is 0 Å². The molecule has 3 unspecified atom stereocenters. The number of hydrogen-bond acceptors (Lipinski definition) is 6. The second-order valence-electron chi connectivity index (χ2n) is 10.7. The van der Waals surface area contributed by atoms with Crippen LogP contribution in [-0.4, -0.2) is 59.6 Å². The molecule has 5 rings (SSSR count). The molecule has 218 valence electrons. The molecule has 1 saturated heterocycles. The molecule has 2 aromatic rings. The minimum absolute atomic E-state index is 0.0711. The number of halogens is 5. The monoisotopic (exact) mass is 588 g/mol. The molecule has 3 atom stereocenters. The Morgan fingerprint density at radius 1 is 1.18 bits per heavy atom. The summed E-state index contributed by atoms with van der Waals surface area (Å²) in [4.78, 5) is 21.6. The van der Waals surface area contributed by atoms with Gasteiger partial charge in [0.05, 0.1) is 35.2 Å². The average Bonchev–Trinajstić information content (AvgIpc) is 3.81. The highest BCUT2D eigenvalue weighted by molar-refractivity contribution is 7.89. The zero-order valence-corrected chi connectivity index (χ0v) is 22.4. The maximum atomic E-state index is 14.7. The standard InChI is InChI=1S/C26H29F5N4O4S/c1-15-20(28)13-21(35(15)40(37,38)19-6-4-17(27)5-7-19)24(36)32-14-18-12-22(34-23(33-18)16-2-3-16)39-11-10-25(8-9-25)26(29,30)31/h4-7,12,15-16,20-21H,2-3,8-11,13-14H2,1H3,(H,32,36). The van der Waals surface area contributed by atoms with Gasteiger partial charge in [-0.1, -0.05) is 0 Å². The quantitative estimate of drug-likeness (QED) is 0.413. The lowest BCUT2D eigenvalue weighted by Crippen LogP contribution is -2.48. The highest BCUT2D eigenvalue weighted by Gasteiger charge is 2.62. The van der Waals surface area contributed by atoms with Crippen LogP contribution >= 0.6 is 0 Å². The molecule has 1 aromatic carbocycles. The van der Waals surface area contributed by atoms with Crippen molar-refractivity contribution >= 4 is 15.9 Å². The number of hydrogen-bond donors (Lipinski definition) is 1. The Kier molecular flexibility index (Phi) is 7.53. The Morgan fingerprint density at radius 2 is 1.85 bits per heavy atom. The first-order valence-electron chi connectivity index (χ1n) is 13.1. The summed E-state index contributed by atoms with van der Waals surface area (Å²) >= 11 is 0. The number of benzene rings is 1. The van der Waals surface area contributed by atoms with Crippen molar-refractivity contribution in [3.63, 3.8) is 0 Å². The third-order valence-corrected chi connectivity index (χ3v) is 9.83. The van der Waals surface area contributed by atoms with E-state index in [1.54, 1.807) is 0 Å². The fourth-order valence-electron chi connectivity index (χ4n) is 4.95. The van der Waals surface area contributed by atoms with Crippen LogP contribution in [0.15, 0.2) is 35.2 Å². The van der Waals surface area contributed by atoms with E-state index in [-0.39, 0.29) is 55.5 Å². The first kappa shape index (κ1) is 28.7. The Hall–Kier alpha value is -2.87. The summed E-state index contributed by atoms with van der Waals surface area (Å²) in [5.74, 6) is -0.748. The lowest BCUT2D eigenvalue weighted by Gasteiger charge is -2.26. The topological polar surface area (TPSA) is 101 Å². The fourth-order valence-corrected chi connectivity index (χ4v) is 6.76. The van der Waals surface area contributed by atoms with Crippen molar-refractivity contribution in [2.24, 2.45) is 5.41 Å². The van der Waals surface area contributed by atoms with Gasteiger partial charge in [0.15, 0.2) is 0 Å². The zero-order valence-electron chi connectivity index (χ0n) is 21.6. The van der Waals surface area contributed by atoms with Crippen molar-refractivity contribution in [3.8, 4) is 5.88 Å². The molecular weight excluding hydrogens is 559 g/mol. The molecule has 0 radical (unpaired) electrons. The van der Waals surface area contributed by atoms with Gasteiger partial charge in [0.1, 0.15) is 23.9 Å². The summed E-state index contributed by atoms with van der Waals surface area (Å²) < 4.78 is 101. The molecule has 40 heavy (non-hydrogen) atoms. The van der Waals surface area contributed by atoms with Crippen molar-refractivity contribution in [1.82, 2.24) is 19.6 Å². The van der Waals surface area contributed by atoms with Crippen molar-refractivity contribution in [3.05, 3.63) is 47.7 Å². The van der Waals surface area contributed by atoms with Gasteiger partial charge >= 0.3 is 6.18 Å². The molecule has 1 aliphatic heterocycles. The normalized spacial score (nSPS) is 24.6. The Morgan fingerprint density at radius 3 is 2.45 bits per heavy atom. The van der Waals surface area contributed by atoms with Crippen molar-refractivity contribution in [1.29, 1.82) is 0 Å². The molecule has 8 nitrogen and oxygen atoms in total. The van der Waals surface area contributed by atoms with Crippen LogP contribution in [0.4, 0.5) is 22.0 Å². The number of nitrogens with zero attached hydrogens (tertiary/aromatic N) is 3. The maximum absolute atomic E-state index is 14.7. The minimum atomic E-state index is -4.32. The van der Waals surface area contributed by atoms with Gasteiger partial charge in [0, 0.05) is 18.4 Å². The fraction of sp³-hybridized carbons (Fsp3) is 0.577. The number of nitrogens with one attached hydrogen (secondary N) is 1. The molecule has 3 fully saturated rings. The van der Waals surface area contributed by atoms with Crippen LogP contribution in [0.2, 0.25) is 0 Å². The average molecular weight is 589 g/mol. The van der Waals surface area contributed by atoms with Gasteiger partial charge in [-0.25, -0.2) is 22.2 Å². The molecule has 2 aliphatic carbocycles. The molecule has 14 heteroatoms. The molecule has 2 saturated carbocycles. The second-order valence-corrected chi connectivity index (χ2v) is 12.6. The summed E-state index contributed by atoms with van der Waals surface area (Å²) in [6, 6.07) is 2.99. The third kappa shape index (κ3) is 5.78. The molecule has 1 amide bonds. The van der Waals surface area contributed by atoms with E-state index < -0.39 is 51.6 Å². The summed E-state index contributed by atoms with van der Waals surface area (Å²) in [6.45, 7) is 1.02. The van der Waals surface area contributed by atoms with Crippen LogP contribution in [0.1, 0.15) is 62.9 Å². The minimum Gasteiger partial charge on any atom is -0.478 e. The van der Waals surface area contributed by atoms with E-state index in [0.29, 0.717) is 11.5 Å². The molecule has 1 aromatic heterocycles. The Balaban J connectivity index is 1.27. The van der Waals surface area contributed by atoms with Gasteiger partial charge in [-0.2, -0.15) is 22.5 Å². The smallest absolute Gasteiger partial charge is 0.394 e. The van der Waals surface area contributed by atoms with Crippen LogP contribution in [0, 0.1) is 11.2 Å². The van der Waals surface area contributed by atoms with Gasteiger partial charge < -0.3 is 10.1 Å². The molecule has 2 heterocycles. The van der Waals surface area contributed by atoms with E-state index >= 15 is 0 Å². The number of sulfonamides is 1. The SMILES string of the molecule is CC1C(F)CC(C(=O)NCc2cc(OCCC3(C(F)(F)F)CC3)nc(C3CC3)n2)N1S(=O)(=O)c1ccc(F)cc1. The lowest BCUT2D eigenvalue weighted by atomic mass is 10.0. The Bertz CT molecular complexity index is 1360. The van der Waals surface area contributed by atoms with E-state index in [0.717, 1.165) is 41.4 Å². The predicted octanol–water partition coefficient (Wildman–Crippen LogP) is 4.41. The van der Waals surface area contributed by atoms with E-state index in [4.69, 9.17) is 4.74 Å². The molecule has 0 bridgehead atoms. The van der Waals surface area contributed by atoms with Crippen LogP contribution < -0.4 is 10.1 Å². The van der Waals surface area contributed by atoms with Crippen molar-refractivity contribution < 1.29 is 39.9 Å². The van der Waals surface area contributed by atoms with Gasteiger partial charge in [-0.15, -0.1) is 0 Å². The lowest BCUT2D eigenvalue weighted by molar-refractivity contribution is -0.190. The number of aromatic nitrogens is 2. The van der Waals surface area contributed by atoms with Gasteiger partial charge in [-0.05, 0) is 63.3 Å². The Labute approximate surface area is 228 Å². The highest BCUT2D eigenvalue weighted by atomic mass is 32.2. The number of ether oxygens (including phenoxy) is 1. The van der Waals surface area contributed by atoms with E-state index in [9.17, 15) is 35.2 Å². The summed E-state index contributed by atoms with van der Waals surface area (Å²) in [6.07, 6.45) is -4.60. The van der Waals surface area contributed by atoms with Crippen molar-refractivity contribution in [2.75, 3.05) is 6.61 Å². The van der Waals surface area contributed by atoms with Crippen molar-refractivity contribution in [2.45, 2.75) is 87.2 Å². The maximum Gasteiger partial charge on any atom is 0.394 e. The van der Waals surface area contributed by atoms with E-state index in [1.807, 2.05) is 0 Å². The summed E-state index contributed by atoms with van der Waals surface area (Å²) in [7, 11) is -4.32. The largest absolute Gasteiger partial charge is 0.478 e. The van der Waals surface area contributed by atoms with Crippen LogP contribution in [0.3, 0.4) is 0 Å². The second kappa shape index (κ2) is 10.5. The molecular formula is C26H29F5N4O4S. The first-order valence-corrected chi connectivity index (χ1v) is 14.5. The van der Waals surface area contributed by atoms with E-state index in [1.165, 1.54) is 13.0 Å². The summed E-state index contributed by atoms with van der Waals surface area (Å²) in [5, 5.41) is 2.60. The number of alkyl halides is 4. The summed E-state index contributed by atoms with van der Waals surface area (Å²) in [5.41, 5.74) is -1.38. The zero-order chi connectivity index (χ0) is 28.9. The molecule has 1 N–H and O–H groups in total. The van der Waals surface area contributed by atoms with Crippen LogP contribution in [-0.2, 0) is 21.4 Å². The number of carbonyl (C=O) groups excluding carboxylic acids is 1. The molecule has 3 aliphatic rings. The first-order chi connectivity index (χ1) is 18.8. The van der Waals surface area contributed by atoms with Crippen LogP contribution in [0.5, 0.6) is 5.88 Å². The van der Waals surface area contributed by atoms with E-state index in [2.05, 4.69) is 15.3 Å². The number of amides is 1. The molecule has 0 spiro atoms. The number of carbonyl (C=O) groups is 1. The predicted molar refractivity (Wildman–Crippen MR) is 132 cm³/mol. The number of rotatable bonds is 10.